The molecule has 0 aliphatic carbocycles. The van der Waals surface area contributed by atoms with E-state index >= 15 is 0 Å². The Labute approximate surface area is 195 Å². The van der Waals surface area contributed by atoms with Crippen molar-refractivity contribution in [3.63, 3.8) is 0 Å². The molecule has 0 fully saturated rings. The number of benzene rings is 2. The highest BCUT2D eigenvalue weighted by atomic mass is 19.4. The molecule has 0 bridgehead atoms. The van der Waals surface area contributed by atoms with Crippen LogP contribution in [0.15, 0.2) is 48.7 Å². The minimum Gasteiger partial charge on any atom is -0.505 e. The fourth-order valence-electron chi connectivity index (χ4n) is 3.44. The van der Waals surface area contributed by atoms with Crippen LogP contribution >= 0.6 is 0 Å². The van der Waals surface area contributed by atoms with E-state index in [2.05, 4.69) is 16.4 Å². The molecule has 1 amide bonds. The predicted octanol–water partition coefficient (Wildman–Crippen LogP) is 5.44. The average Bonchev–Trinajstić information content (AvgIpc) is 2.72. The van der Waals surface area contributed by atoms with E-state index in [9.17, 15) is 23.1 Å². The quantitative estimate of drug-likeness (QED) is 0.455. The molecule has 1 heterocycles. The van der Waals surface area contributed by atoms with Crippen molar-refractivity contribution in [3.8, 4) is 5.75 Å². The van der Waals surface area contributed by atoms with Gasteiger partial charge in [-0.3, -0.25) is 9.78 Å². The molecule has 182 valence electrons. The second-order valence-electron chi connectivity index (χ2n) is 8.34. The molecule has 1 aromatic heterocycles. The second kappa shape index (κ2) is 11.0. The number of rotatable bonds is 5. The van der Waals surface area contributed by atoms with Gasteiger partial charge in [-0.15, -0.1) is 0 Å². The Morgan fingerprint density at radius 2 is 1.68 bits per heavy atom. The molecule has 34 heavy (non-hydrogen) atoms. The van der Waals surface area contributed by atoms with E-state index in [1.165, 1.54) is 0 Å². The van der Waals surface area contributed by atoms with E-state index in [0.29, 0.717) is 17.5 Å². The largest absolute Gasteiger partial charge is 0.505 e. The molecule has 0 aliphatic heterocycles. The van der Waals surface area contributed by atoms with Gasteiger partial charge < -0.3 is 15.5 Å². The number of carbonyl (C=O) groups excluding carboxylic acids is 1. The van der Waals surface area contributed by atoms with Crippen LogP contribution in [0.2, 0.25) is 0 Å². The summed E-state index contributed by atoms with van der Waals surface area (Å²) in [6.45, 7) is 8.10. The molecule has 3 N–H and O–H groups in total. The van der Waals surface area contributed by atoms with Crippen molar-refractivity contribution < 1.29 is 33.0 Å². The number of carboxylic acids is 1. The van der Waals surface area contributed by atoms with Crippen molar-refractivity contribution in [2.45, 2.75) is 46.3 Å². The summed E-state index contributed by atoms with van der Waals surface area (Å²) in [6, 6.07) is 13.3. The van der Waals surface area contributed by atoms with Crippen LogP contribution in [0.5, 0.6) is 5.75 Å². The van der Waals surface area contributed by atoms with Crippen molar-refractivity contribution in [1.82, 2.24) is 10.3 Å². The molecule has 1 atom stereocenters. The van der Waals surface area contributed by atoms with Crippen LogP contribution in [-0.4, -0.2) is 33.2 Å². The number of halogens is 3. The fourth-order valence-corrected chi connectivity index (χ4v) is 3.44. The zero-order chi connectivity index (χ0) is 25.6. The first-order chi connectivity index (χ1) is 15.8. The molecule has 1 unspecified atom stereocenters. The summed E-state index contributed by atoms with van der Waals surface area (Å²) in [7, 11) is 0. The summed E-state index contributed by atoms with van der Waals surface area (Å²) in [6.07, 6.45) is -2.98. The lowest BCUT2D eigenvalue weighted by atomic mass is 9.92. The molecule has 0 spiro atoms. The van der Waals surface area contributed by atoms with E-state index in [0.717, 1.165) is 22.1 Å². The Morgan fingerprint density at radius 1 is 1.06 bits per heavy atom. The topological polar surface area (TPSA) is 99.5 Å². The minimum atomic E-state index is -5.08. The van der Waals surface area contributed by atoms with Gasteiger partial charge in [0.15, 0.2) is 0 Å². The SMILES string of the molecule is Cc1ccc(C(NC(=O)CC(C)C)c2ccc3cccnc3c2O)c(C)c1.O=C(O)C(F)(F)F. The first-order valence-corrected chi connectivity index (χ1v) is 10.5. The zero-order valence-electron chi connectivity index (χ0n) is 19.3. The van der Waals surface area contributed by atoms with E-state index < -0.39 is 18.2 Å². The number of carbonyl (C=O) groups is 2. The second-order valence-corrected chi connectivity index (χ2v) is 8.34. The molecule has 9 heteroatoms. The van der Waals surface area contributed by atoms with Gasteiger partial charge in [0.25, 0.3) is 0 Å². The molecule has 3 rings (SSSR count). The third kappa shape index (κ3) is 6.94. The van der Waals surface area contributed by atoms with Crippen LogP contribution in [0.25, 0.3) is 10.9 Å². The fraction of sp³-hybridized carbons (Fsp3) is 0.320. The summed E-state index contributed by atoms with van der Waals surface area (Å²) in [5, 5.41) is 22.0. The van der Waals surface area contributed by atoms with Crippen LogP contribution in [0, 0.1) is 19.8 Å². The number of amides is 1. The number of aromatic hydroxyl groups is 1. The lowest BCUT2D eigenvalue weighted by Gasteiger charge is -2.23. The smallest absolute Gasteiger partial charge is 0.490 e. The van der Waals surface area contributed by atoms with Crippen molar-refractivity contribution in [1.29, 1.82) is 0 Å². The highest BCUT2D eigenvalue weighted by Gasteiger charge is 2.38. The van der Waals surface area contributed by atoms with Gasteiger partial charge >= 0.3 is 12.1 Å². The summed E-state index contributed by atoms with van der Waals surface area (Å²) < 4.78 is 31.7. The van der Waals surface area contributed by atoms with Gasteiger partial charge in [-0.05, 0) is 37.0 Å². The Morgan fingerprint density at radius 3 is 2.24 bits per heavy atom. The van der Waals surface area contributed by atoms with Crippen LogP contribution in [0.3, 0.4) is 0 Å². The monoisotopic (exact) mass is 476 g/mol. The molecular formula is C25H27F3N2O4. The number of fused-ring (bicyclic) bond motifs is 1. The summed E-state index contributed by atoms with van der Waals surface area (Å²) in [5.74, 6) is -2.41. The lowest BCUT2D eigenvalue weighted by molar-refractivity contribution is -0.192. The number of hydrogen-bond acceptors (Lipinski definition) is 4. The van der Waals surface area contributed by atoms with E-state index in [4.69, 9.17) is 9.90 Å². The number of phenolic OH excluding ortho intramolecular Hbond substituents is 1. The standard InChI is InChI=1S/C23H26N2O2.C2HF3O2/c1-14(2)12-20(26)25-22(18-9-7-15(3)13-16(18)4)19-10-8-17-6-5-11-24-21(17)23(19)27;3-2(4,5)1(6)7/h5-11,13-14,22,27H,12H2,1-4H3,(H,25,26);(H,6,7). The third-order valence-electron chi connectivity index (χ3n) is 4.97. The average molecular weight is 476 g/mol. The molecule has 0 saturated carbocycles. The number of hydrogen-bond donors (Lipinski definition) is 3. The van der Waals surface area contributed by atoms with Crippen LogP contribution < -0.4 is 5.32 Å². The van der Waals surface area contributed by atoms with Crippen molar-refractivity contribution >= 4 is 22.8 Å². The van der Waals surface area contributed by atoms with Crippen LogP contribution in [0.1, 0.15) is 48.6 Å². The number of alkyl halides is 3. The number of phenols is 1. The first kappa shape index (κ1) is 26.6. The molecular weight excluding hydrogens is 449 g/mol. The Kier molecular flexibility index (Phi) is 8.62. The van der Waals surface area contributed by atoms with Gasteiger partial charge in [-0.2, -0.15) is 13.2 Å². The maximum atomic E-state index is 12.6. The molecule has 3 aromatic rings. The summed E-state index contributed by atoms with van der Waals surface area (Å²) >= 11 is 0. The maximum Gasteiger partial charge on any atom is 0.490 e. The highest BCUT2D eigenvalue weighted by molar-refractivity contribution is 5.86. The number of aromatic nitrogens is 1. The Hall–Kier alpha value is -3.62. The molecule has 2 aromatic carbocycles. The normalized spacial score (nSPS) is 12.1. The number of nitrogens with one attached hydrogen (secondary N) is 1. The number of nitrogens with zero attached hydrogens (tertiary/aromatic N) is 1. The van der Waals surface area contributed by atoms with E-state index in [1.54, 1.807) is 6.20 Å². The zero-order valence-corrected chi connectivity index (χ0v) is 19.3. The number of pyridine rings is 1. The van der Waals surface area contributed by atoms with Gasteiger partial charge in [0, 0.05) is 23.6 Å². The van der Waals surface area contributed by atoms with Gasteiger partial charge in [-0.1, -0.05) is 55.8 Å². The van der Waals surface area contributed by atoms with Crippen LogP contribution in [-0.2, 0) is 9.59 Å². The van der Waals surface area contributed by atoms with E-state index in [1.807, 2.05) is 64.1 Å². The van der Waals surface area contributed by atoms with Gasteiger partial charge in [0.05, 0.1) is 6.04 Å². The summed E-state index contributed by atoms with van der Waals surface area (Å²) in [4.78, 5) is 25.8. The predicted molar refractivity (Wildman–Crippen MR) is 122 cm³/mol. The highest BCUT2D eigenvalue weighted by Crippen LogP contribution is 2.35. The van der Waals surface area contributed by atoms with E-state index in [-0.39, 0.29) is 17.6 Å². The lowest BCUT2D eigenvalue weighted by Crippen LogP contribution is -2.30. The Balaban J connectivity index is 0.000000509. The maximum absolute atomic E-state index is 12.6. The van der Waals surface area contributed by atoms with Gasteiger partial charge in [0.1, 0.15) is 11.3 Å². The number of carboxylic acid groups (broad SMARTS) is 1. The number of aryl methyl sites for hydroxylation is 2. The van der Waals surface area contributed by atoms with Gasteiger partial charge in [-0.25, -0.2) is 4.79 Å². The molecule has 0 saturated heterocycles. The minimum absolute atomic E-state index is 0.0320. The Bertz CT molecular complexity index is 1180. The molecule has 6 nitrogen and oxygen atoms in total. The summed E-state index contributed by atoms with van der Waals surface area (Å²) in [5.41, 5.74) is 4.41. The number of aliphatic carboxylic acids is 1. The van der Waals surface area contributed by atoms with Crippen LogP contribution in [0.4, 0.5) is 13.2 Å². The van der Waals surface area contributed by atoms with Gasteiger partial charge in [0.2, 0.25) is 5.91 Å². The first-order valence-electron chi connectivity index (χ1n) is 10.5. The molecule has 0 radical (unpaired) electrons. The van der Waals surface area contributed by atoms with Crippen molar-refractivity contribution in [2.75, 3.05) is 0 Å². The van der Waals surface area contributed by atoms with Crippen molar-refractivity contribution in [3.05, 3.63) is 70.9 Å². The van der Waals surface area contributed by atoms with Crippen molar-refractivity contribution in [2.24, 2.45) is 5.92 Å². The third-order valence-corrected chi connectivity index (χ3v) is 4.97. The molecule has 0 aliphatic rings.